The predicted molar refractivity (Wildman–Crippen MR) is 66.2 cm³/mol. The number of hydrogen-bond donors (Lipinski definition) is 1. The Balaban J connectivity index is 1.88. The lowest BCUT2D eigenvalue weighted by Crippen LogP contribution is -2.12. The third-order valence-electron chi connectivity index (χ3n) is 2.37. The molecule has 0 spiro atoms. The summed E-state index contributed by atoms with van der Waals surface area (Å²) >= 11 is 5.61. The second-order valence-electron chi connectivity index (χ2n) is 3.71. The first-order chi connectivity index (χ1) is 8.25. The molecule has 1 aromatic carbocycles. The number of aromatic nitrogens is 1. The first-order valence-electron chi connectivity index (χ1n) is 5.29. The summed E-state index contributed by atoms with van der Waals surface area (Å²) in [6.45, 7) is 1.31. The molecular weight excluding hydrogens is 239 g/mol. The summed E-state index contributed by atoms with van der Waals surface area (Å²) in [5.74, 6) is -0.382. The molecule has 0 saturated heterocycles. The van der Waals surface area contributed by atoms with Crippen LogP contribution in [0.25, 0.3) is 0 Å². The van der Waals surface area contributed by atoms with Crippen molar-refractivity contribution in [2.24, 2.45) is 0 Å². The third-order valence-corrected chi connectivity index (χ3v) is 2.67. The Morgan fingerprint density at radius 1 is 1.18 bits per heavy atom. The number of nitrogens with zero attached hydrogens (tertiary/aromatic N) is 1. The average Bonchev–Trinajstić information content (AvgIpc) is 2.35. The number of hydrogen-bond acceptors (Lipinski definition) is 2. The minimum atomic E-state index is -0.382. The molecule has 2 nitrogen and oxygen atoms in total. The molecule has 1 aromatic heterocycles. The fourth-order valence-electron chi connectivity index (χ4n) is 1.50. The van der Waals surface area contributed by atoms with Gasteiger partial charge in [-0.25, -0.2) is 4.39 Å². The lowest BCUT2D eigenvalue weighted by molar-refractivity contribution is 0.620. The summed E-state index contributed by atoms with van der Waals surface area (Å²) in [5.41, 5.74) is 1.97. The molecule has 0 atom stereocenters. The van der Waals surface area contributed by atoms with Crippen molar-refractivity contribution in [3.63, 3.8) is 0 Å². The van der Waals surface area contributed by atoms with Crippen molar-refractivity contribution in [2.75, 3.05) is 0 Å². The molecule has 0 aliphatic carbocycles. The molecule has 0 amide bonds. The van der Waals surface area contributed by atoms with Gasteiger partial charge in [-0.15, -0.1) is 0 Å². The van der Waals surface area contributed by atoms with E-state index in [0.29, 0.717) is 13.1 Å². The maximum atomic E-state index is 13.2. The fraction of sp³-hybridized carbons (Fsp3) is 0.154. The Morgan fingerprint density at radius 3 is 2.71 bits per heavy atom. The molecule has 0 saturated carbocycles. The number of rotatable bonds is 4. The van der Waals surface area contributed by atoms with Crippen LogP contribution >= 0.6 is 11.6 Å². The van der Waals surface area contributed by atoms with E-state index in [4.69, 9.17) is 11.6 Å². The quantitative estimate of drug-likeness (QED) is 0.902. The number of pyridine rings is 1. The highest BCUT2D eigenvalue weighted by Crippen LogP contribution is 2.15. The van der Waals surface area contributed by atoms with Crippen LogP contribution in [0.1, 0.15) is 11.1 Å². The zero-order chi connectivity index (χ0) is 12.1. The maximum absolute atomic E-state index is 13.2. The summed E-state index contributed by atoms with van der Waals surface area (Å²) in [6, 6.07) is 8.69. The summed E-state index contributed by atoms with van der Waals surface area (Å²) in [4.78, 5) is 4.02. The lowest BCUT2D eigenvalue weighted by atomic mass is 10.2. The Hall–Kier alpha value is -1.45. The van der Waals surface area contributed by atoms with Gasteiger partial charge in [0.2, 0.25) is 0 Å². The van der Waals surface area contributed by atoms with Crippen LogP contribution in [-0.4, -0.2) is 4.98 Å². The molecule has 2 rings (SSSR count). The topological polar surface area (TPSA) is 24.9 Å². The van der Waals surface area contributed by atoms with Crippen LogP contribution in [0.2, 0.25) is 5.02 Å². The summed E-state index contributed by atoms with van der Waals surface area (Å²) < 4.78 is 13.2. The molecule has 4 heteroatoms. The van der Waals surface area contributed by atoms with Gasteiger partial charge >= 0.3 is 0 Å². The van der Waals surface area contributed by atoms with Crippen LogP contribution < -0.4 is 5.32 Å². The Bertz CT molecular complexity index is 488. The normalized spacial score (nSPS) is 10.5. The first-order valence-corrected chi connectivity index (χ1v) is 5.67. The molecule has 17 heavy (non-hydrogen) atoms. The Labute approximate surface area is 104 Å². The zero-order valence-corrected chi connectivity index (χ0v) is 9.91. The van der Waals surface area contributed by atoms with Crippen LogP contribution in [0.4, 0.5) is 4.39 Å². The van der Waals surface area contributed by atoms with Gasteiger partial charge in [-0.1, -0.05) is 23.7 Å². The van der Waals surface area contributed by atoms with E-state index in [9.17, 15) is 4.39 Å². The van der Waals surface area contributed by atoms with Crippen molar-refractivity contribution in [3.05, 3.63) is 64.7 Å². The van der Waals surface area contributed by atoms with Crippen molar-refractivity contribution in [1.82, 2.24) is 10.3 Å². The monoisotopic (exact) mass is 250 g/mol. The van der Waals surface area contributed by atoms with E-state index >= 15 is 0 Å². The van der Waals surface area contributed by atoms with Gasteiger partial charge in [0.25, 0.3) is 0 Å². The second-order valence-corrected chi connectivity index (χ2v) is 4.12. The van der Waals surface area contributed by atoms with Gasteiger partial charge in [0.1, 0.15) is 5.82 Å². The standard InChI is InChI=1S/C13H12ClFN2/c14-12-4-3-10(6-13(12)15)7-17-9-11-2-1-5-16-8-11/h1-6,8,17H,7,9H2. The molecule has 1 heterocycles. The molecule has 0 aliphatic rings. The van der Waals surface area contributed by atoms with E-state index < -0.39 is 0 Å². The van der Waals surface area contributed by atoms with Gasteiger partial charge in [0, 0.05) is 25.5 Å². The SMILES string of the molecule is Fc1cc(CNCc2cccnc2)ccc1Cl. The van der Waals surface area contributed by atoms with Crippen molar-refractivity contribution in [2.45, 2.75) is 13.1 Å². The van der Waals surface area contributed by atoms with E-state index in [2.05, 4.69) is 10.3 Å². The minimum Gasteiger partial charge on any atom is -0.309 e. The van der Waals surface area contributed by atoms with Gasteiger partial charge in [0.15, 0.2) is 0 Å². The Morgan fingerprint density at radius 2 is 2.00 bits per heavy atom. The van der Waals surface area contributed by atoms with E-state index in [-0.39, 0.29) is 10.8 Å². The molecule has 0 aliphatic heterocycles. The van der Waals surface area contributed by atoms with Gasteiger partial charge in [0.05, 0.1) is 5.02 Å². The van der Waals surface area contributed by atoms with Crippen LogP contribution in [0.3, 0.4) is 0 Å². The minimum absolute atomic E-state index is 0.154. The van der Waals surface area contributed by atoms with E-state index in [0.717, 1.165) is 11.1 Å². The molecular formula is C13H12ClFN2. The van der Waals surface area contributed by atoms with Crippen molar-refractivity contribution < 1.29 is 4.39 Å². The van der Waals surface area contributed by atoms with Crippen LogP contribution in [0, 0.1) is 5.82 Å². The molecule has 1 N–H and O–H groups in total. The highest BCUT2D eigenvalue weighted by molar-refractivity contribution is 6.30. The third kappa shape index (κ3) is 3.51. The van der Waals surface area contributed by atoms with Crippen LogP contribution in [0.15, 0.2) is 42.7 Å². The van der Waals surface area contributed by atoms with Gasteiger partial charge in [-0.05, 0) is 29.3 Å². The largest absolute Gasteiger partial charge is 0.309 e. The van der Waals surface area contributed by atoms with Gasteiger partial charge < -0.3 is 5.32 Å². The van der Waals surface area contributed by atoms with Crippen molar-refractivity contribution in [1.29, 1.82) is 0 Å². The van der Waals surface area contributed by atoms with E-state index in [1.54, 1.807) is 18.5 Å². The number of halogens is 2. The lowest BCUT2D eigenvalue weighted by Gasteiger charge is -2.05. The van der Waals surface area contributed by atoms with Gasteiger partial charge in [-0.3, -0.25) is 4.98 Å². The molecule has 0 unspecified atom stereocenters. The zero-order valence-electron chi connectivity index (χ0n) is 9.16. The summed E-state index contributed by atoms with van der Waals surface area (Å²) in [7, 11) is 0. The number of nitrogens with one attached hydrogen (secondary N) is 1. The Kier molecular flexibility index (Phi) is 4.07. The molecule has 0 radical (unpaired) electrons. The maximum Gasteiger partial charge on any atom is 0.142 e. The van der Waals surface area contributed by atoms with Crippen LogP contribution in [0.5, 0.6) is 0 Å². The second kappa shape index (κ2) is 5.75. The predicted octanol–water partition coefficient (Wildman–Crippen LogP) is 3.16. The average molecular weight is 251 g/mol. The first kappa shape index (κ1) is 12.0. The van der Waals surface area contributed by atoms with Crippen molar-refractivity contribution in [3.8, 4) is 0 Å². The molecule has 2 aromatic rings. The molecule has 0 fully saturated rings. The summed E-state index contributed by atoms with van der Waals surface area (Å²) in [6.07, 6.45) is 3.54. The highest BCUT2D eigenvalue weighted by Gasteiger charge is 2.00. The summed E-state index contributed by atoms with van der Waals surface area (Å²) in [5, 5.41) is 3.37. The van der Waals surface area contributed by atoms with Crippen LogP contribution in [-0.2, 0) is 13.1 Å². The van der Waals surface area contributed by atoms with E-state index in [1.165, 1.54) is 6.07 Å². The number of benzene rings is 1. The molecule has 88 valence electrons. The smallest absolute Gasteiger partial charge is 0.142 e. The fourth-order valence-corrected chi connectivity index (χ4v) is 1.62. The van der Waals surface area contributed by atoms with Crippen molar-refractivity contribution >= 4 is 11.6 Å². The van der Waals surface area contributed by atoms with Gasteiger partial charge in [-0.2, -0.15) is 0 Å². The van der Waals surface area contributed by atoms with E-state index in [1.807, 2.05) is 18.2 Å². The molecule has 0 bridgehead atoms. The highest BCUT2D eigenvalue weighted by atomic mass is 35.5.